The topological polar surface area (TPSA) is 68.2 Å². The lowest BCUT2D eigenvalue weighted by molar-refractivity contribution is 0.0598. The monoisotopic (exact) mass is 286 g/mol. The van der Waals surface area contributed by atoms with Gasteiger partial charge in [-0.05, 0) is 39.8 Å². The average molecular weight is 286 g/mol. The van der Waals surface area contributed by atoms with Crippen LogP contribution in [0.15, 0.2) is 36.9 Å². The lowest BCUT2D eigenvalue weighted by atomic mass is 10.2. The maximum absolute atomic E-state index is 12.5. The summed E-state index contributed by atoms with van der Waals surface area (Å²) in [5.74, 6) is 0.392. The molecule has 0 saturated carbocycles. The van der Waals surface area contributed by atoms with Crippen molar-refractivity contribution in [3.8, 4) is 0 Å². The molecule has 0 unspecified atom stereocenters. The molecule has 2 aromatic heterocycles. The third-order valence-electron chi connectivity index (χ3n) is 2.48. The second-order valence-corrected chi connectivity index (χ2v) is 5.54. The van der Waals surface area contributed by atoms with Gasteiger partial charge in [-0.3, -0.25) is 9.97 Å². The van der Waals surface area contributed by atoms with E-state index >= 15 is 0 Å². The van der Waals surface area contributed by atoms with Crippen molar-refractivity contribution in [3.05, 3.63) is 42.6 Å². The Hall–Kier alpha value is -2.50. The summed E-state index contributed by atoms with van der Waals surface area (Å²) in [6.07, 6.45) is 5.83. The molecule has 0 bridgehead atoms. The summed E-state index contributed by atoms with van der Waals surface area (Å²) in [4.78, 5) is 26.2. The van der Waals surface area contributed by atoms with Crippen LogP contribution in [0.2, 0.25) is 0 Å². The zero-order chi connectivity index (χ0) is 15.5. The van der Waals surface area contributed by atoms with E-state index in [0.717, 1.165) is 5.69 Å². The average Bonchev–Trinajstić information content (AvgIpc) is 2.40. The predicted molar refractivity (Wildman–Crippen MR) is 79.4 cm³/mol. The quantitative estimate of drug-likeness (QED) is 0.847. The first-order chi connectivity index (χ1) is 9.87. The second-order valence-electron chi connectivity index (χ2n) is 5.54. The summed E-state index contributed by atoms with van der Waals surface area (Å²) in [5, 5.41) is 0. The molecule has 0 aliphatic heterocycles. The largest absolute Gasteiger partial charge is 0.443 e. The van der Waals surface area contributed by atoms with Gasteiger partial charge in [0, 0.05) is 6.20 Å². The van der Waals surface area contributed by atoms with Crippen molar-refractivity contribution in [3.63, 3.8) is 0 Å². The Morgan fingerprint density at radius 3 is 2.48 bits per heavy atom. The van der Waals surface area contributed by atoms with Gasteiger partial charge in [0.2, 0.25) is 0 Å². The maximum atomic E-state index is 12.5. The van der Waals surface area contributed by atoms with Crippen molar-refractivity contribution in [2.75, 3.05) is 4.90 Å². The number of aromatic nitrogens is 3. The Morgan fingerprint density at radius 2 is 1.95 bits per heavy atom. The second kappa shape index (κ2) is 5.87. The molecule has 0 spiro atoms. The molecule has 0 fully saturated rings. The van der Waals surface area contributed by atoms with Crippen LogP contribution in [-0.2, 0) is 4.74 Å². The molecule has 0 N–H and O–H groups in total. The van der Waals surface area contributed by atoms with Gasteiger partial charge in [0.05, 0.1) is 30.0 Å². The molecule has 0 saturated heterocycles. The van der Waals surface area contributed by atoms with Gasteiger partial charge >= 0.3 is 6.09 Å². The van der Waals surface area contributed by atoms with Crippen LogP contribution in [0.5, 0.6) is 0 Å². The minimum absolute atomic E-state index is 0.392. The van der Waals surface area contributed by atoms with Crippen LogP contribution in [0.4, 0.5) is 16.3 Å². The van der Waals surface area contributed by atoms with Crippen molar-refractivity contribution < 1.29 is 9.53 Å². The first-order valence-electron chi connectivity index (χ1n) is 6.58. The van der Waals surface area contributed by atoms with E-state index in [1.807, 2.05) is 27.7 Å². The molecule has 2 aromatic rings. The summed E-state index contributed by atoms with van der Waals surface area (Å²) < 4.78 is 5.43. The number of rotatable bonds is 2. The van der Waals surface area contributed by atoms with Gasteiger partial charge in [0.1, 0.15) is 5.60 Å². The number of carbonyl (C=O) groups excluding carboxylic acids is 1. The van der Waals surface area contributed by atoms with E-state index in [0.29, 0.717) is 11.5 Å². The highest BCUT2D eigenvalue weighted by Crippen LogP contribution is 2.24. The molecule has 0 atom stereocenters. The molecule has 6 heteroatoms. The van der Waals surface area contributed by atoms with Crippen LogP contribution in [-0.4, -0.2) is 26.6 Å². The molecule has 0 aliphatic carbocycles. The highest BCUT2D eigenvalue weighted by Gasteiger charge is 2.26. The molecule has 1 amide bonds. The van der Waals surface area contributed by atoms with Gasteiger partial charge in [-0.2, -0.15) is 0 Å². The Balaban J connectivity index is 2.40. The number of ether oxygens (including phenoxy) is 1. The fourth-order valence-corrected chi connectivity index (χ4v) is 1.63. The molecule has 0 radical (unpaired) electrons. The minimum Gasteiger partial charge on any atom is -0.443 e. The van der Waals surface area contributed by atoms with Gasteiger partial charge in [0.15, 0.2) is 5.82 Å². The van der Waals surface area contributed by atoms with Crippen molar-refractivity contribution in [1.82, 2.24) is 15.0 Å². The summed E-state index contributed by atoms with van der Waals surface area (Å²) >= 11 is 0. The Morgan fingerprint density at radius 1 is 1.19 bits per heavy atom. The standard InChI is InChI=1S/C15H18N4O2/c1-11-8-18-13(10-17-11)19(12-6-5-7-16-9-12)14(20)21-15(2,3)4/h5-10H,1-4H3. The predicted octanol–water partition coefficient (Wildman–Crippen LogP) is 3.25. The number of aryl methyl sites for hydroxylation is 1. The molecule has 21 heavy (non-hydrogen) atoms. The van der Waals surface area contributed by atoms with E-state index in [1.54, 1.807) is 30.7 Å². The molecule has 2 rings (SSSR count). The first kappa shape index (κ1) is 14.9. The van der Waals surface area contributed by atoms with Crippen LogP contribution in [0.3, 0.4) is 0 Å². The smallest absolute Gasteiger partial charge is 0.420 e. The minimum atomic E-state index is -0.602. The Kier molecular flexibility index (Phi) is 4.16. The molecular weight excluding hydrogens is 268 g/mol. The van der Waals surface area contributed by atoms with Crippen molar-refractivity contribution in [2.45, 2.75) is 33.3 Å². The normalized spacial score (nSPS) is 11.0. The van der Waals surface area contributed by atoms with E-state index in [1.165, 1.54) is 11.1 Å². The molecule has 110 valence electrons. The van der Waals surface area contributed by atoms with Gasteiger partial charge in [0.25, 0.3) is 0 Å². The van der Waals surface area contributed by atoms with Gasteiger partial charge < -0.3 is 4.74 Å². The van der Waals surface area contributed by atoms with Gasteiger partial charge in [-0.1, -0.05) is 0 Å². The van der Waals surface area contributed by atoms with Crippen molar-refractivity contribution >= 4 is 17.6 Å². The summed E-state index contributed by atoms with van der Waals surface area (Å²) in [5.41, 5.74) is 0.745. The van der Waals surface area contributed by atoms with Crippen LogP contribution in [0, 0.1) is 6.92 Å². The zero-order valence-electron chi connectivity index (χ0n) is 12.6. The maximum Gasteiger partial charge on any atom is 0.420 e. The third-order valence-corrected chi connectivity index (χ3v) is 2.48. The lowest BCUT2D eigenvalue weighted by Crippen LogP contribution is -2.34. The number of amides is 1. The summed E-state index contributed by atoms with van der Waals surface area (Å²) in [7, 11) is 0. The van der Waals surface area contributed by atoms with E-state index < -0.39 is 11.7 Å². The van der Waals surface area contributed by atoms with Gasteiger partial charge in [-0.15, -0.1) is 0 Å². The van der Waals surface area contributed by atoms with Crippen LogP contribution in [0.25, 0.3) is 0 Å². The van der Waals surface area contributed by atoms with Crippen LogP contribution in [0.1, 0.15) is 26.5 Å². The van der Waals surface area contributed by atoms with Crippen molar-refractivity contribution in [2.24, 2.45) is 0 Å². The fourth-order valence-electron chi connectivity index (χ4n) is 1.63. The zero-order valence-corrected chi connectivity index (χ0v) is 12.6. The van der Waals surface area contributed by atoms with Crippen LogP contribution < -0.4 is 4.90 Å². The van der Waals surface area contributed by atoms with E-state index in [4.69, 9.17) is 4.74 Å². The fraction of sp³-hybridized carbons (Fsp3) is 0.333. The number of carbonyl (C=O) groups is 1. The summed E-state index contributed by atoms with van der Waals surface area (Å²) in [6, 6.07) is 3.51. The number of hydrogen-bond donors (Lipinski definition) is 0. The van der Waals surface area contributed by atoms with Crippen molar-refractivity contribution in [1.29, 1.82) is 0 Å². The SMILES string of the molecule is Cc1cnc(N(C(=O)OC(C)(C)C)c2cccnc2)cn1. The number of anilines is 2. The highest BCUT2D eigenvalue weighted by molar-refractivity contribution is 5.94. The first-order valence-corrected chi connectivity index (χ1v) is 6.58. The van der Waals surface area contributed by atoms with Crippen LogP contribution >= 0.6 is 0 Å². The Labute approximate surface area is 123 Å². The van der Waals surface area contributed by atoms with E-state index in [2.05, 4.69) is 15.0 Å². The molecular formula is C15H18N4O2. The molecule has 0 aliphatic rings. The molecule has 6 nitrogen and oxygen atoms in total. The van der Waals surface area contributed by atoms with Gasteiger partial charge in [-0.25, -0.2) is 14.7 Å². The highest BCUT2D eigenvalue weighted by atomic mass is 16.6. The third kappa shape index (κ3) is 3.98. The van der Waals surface area contributed by atoms with E-state index in [-0.39, 0.29) is 0 Å². The lowest BCUT2D eigenvalue weighted by Gasteiger charge is -2.26. The number of nitrogens with zero attached hydrogens (tertiary/aromatic N) is 4. The number of hydrogen-bond acceptors (Lipinski definition) is 5. The molecule has 2 heterocycles. The molecule has 0 aromatic carbocycles. The Bertz CT molecular complexity index is 606. The number of pyridine rings is 1. The van der Waals surface area contributed by atoms with E-state index in [9.17, 15) is 4.79 Å². The summed E-state index contributed by atoms with van der Waals surface area (Å²) in [6.45, 7) is 7.27.